The van der Waals surface area contributed by atoms with Gasteiger partial charge in [-0.1, -0.05) is 32.0 Å². The molecule has 0 atom stereocenters. The van der Waals surface area contributed by atoms with Crippen LogP contribution < -0.4 is 0 Å². The Morgan fingerprint density at radius 1 is 0.651 bits per heavy atom. The monoisotopic (exact) mass is 747 g/mol. The van der Waals surface area contributed by atoms with Gasteiger partial charge in [-0.25, -0.2) is 0 Å². The largest absolute Gasteiger partial charge is 0.282 e. The molecule has 9 heteroatoms. The van der Waals surface area contributed by atoms with Gasteiger partial charge in [0.05, 0.1) is 11.4 Å². The third kappa shape index (κ3) is 6.85. The molecule has 0 bridgehead atoms. The molecule has 1 radical (unpaired) electrons. The second-order valence-corrected chi connectivity index (χ2v) is 10.7. The number of rotatable bonds is 6. The van der Waals surface area contributed by atoms with Crippen LogP contribution in [0.3, 0.4) is 0 Å². The molecule has 0 saturated carbocycles. The van der Waals surface area contributed by atoms with Crippen LogP contribution in [0.1, 0.15) is 50.3 Å². The molecule has 0 unspecified atom stereocenters. The number of benzene rings is 2. The number of halogens is 2. The van der Waals surface area contributed by atoms with Crippen molar-refractivity contribution in [3.63, 3.8) is 0 Å². The fraction of sp³-hybridized carbons (Fsp3) is 0.176. The first kappa shape index (κ1) is 31.6. The van der Waals surface area contributed by atoms with E-state index in [1.807, 2.05) is 30.5 Å². The van der Waals surface area contributed by atoms with Crippen molar-refractivity contribution in [2.75, 3.05) is 0 Å². The number of hydrogen-bond acceptors (Lipinski definition) is 4. The van der Waals surface area contributed by atoms with E-state index in [1.54, 1.807) is 24.5 Å². The molecule has 6 aromatic rings. The van der Waals surface area contributed by atoms with Crippen molar-refractivity contribution in [3.8, 4) is 11.4 Å². The Morgan fingerprint density at radius 2 is 1.23 bits per heavy atom. The summed E-state index contributed by atoms with van der Waals surface area (Å²) in [6.45, 7) is 8.73. The molecule has 0 aliphatic rings. The van der Waals surface area contributed by atoms with Crippen LogP contribution in [0.5, 0.6) is 0 Å². The normalized spacial score (nSPS) is 11.3. The molecule has 0 amide bonds. The summed E-state index contributed by atoms with van der Waals surface area (Å²) in [5.41, 5.74) is 3.91. The summed E-state index contributed by atoms with van der Waals surface area (Å²) >= 11 is 0. The second-order valence-electron chi connectivity index (χ2n) is 10.7. The van der Waals surface area contributed by atoms with E-state index in [4.69, 9.17) is 4.98 Å². The topological polar surface area (TPSA) is 61.4 Å². The summed E-state index contributed by atoms with van der Waals surface area (Å²) in [5, 5.41) is 7.79. The first-order valence-corrected chi connectivity index (χ1v) is 13.5. The maximum atomic E-state index is 13.7. The number of aromatic nitrogens is 6. The van der Waals surface area contributed by atoms with E-state index in [2.05, 4.69) is 91.4 Å². The summed E-state index contributed by atoms with van der Waals surface area (Å²) in [6.07, 6.45) is 7.96. The Morgan fingerprint density at radius 3 is 1.74 bits per heavy atom. The molecular formula is C34H30F2N6Re-2. The van der Waals surface area contributed by atoms with Crippen molar-refractivity contribution in [2.24, 2.45) is 0 Å². The van der Waals surface area contributed by atoms with Crippen LogP contribution in [-0.2, 0) is 31.3 Å². The van der Waals surface area contributed by atoms with E-state index in [0.717, 1.165) is 28.7 Å². The van der Waals surface area contributed by atoms with E-state index < -0.39 is 11.6 Å². The van der Waals surface area contributed by atoms with Crippen molar-refractivity contribution in [1.82, 2.24) is 29.5 Å². The van der Waals surface area contributed by atoms with E-state index in [0.29, 0.717) is 0 Å². The average molecular weight is 747 g/mol. The molecule has 0 aliphatic heterocycles. The van der Waals surface area contributed by atoms with Crippen molar-refractivity contribution in [2.45, 2.75) is 38.5 Å². The number of nitrogens with zero attached hydrogens (tertiary/aromatic N) is 6. The van der Waals surface area contributed by atoms with Gasteiger partial charge in [0.2, 0.25) is 0 Å². The molecule has 4 aromatic heterocycles. The van der Waals surface area contributed by atoms with Crippen LogP contribution >= 0.6 is 0 Å². The summed E-state index contributed by atoms with van der Waals surface area (Å²) < 4.78 is 29.9. The van der Waals surface area contributed by atoms with Crippen LogP contribution in [0.4, 0.5) is 8.78 Å². The van der Waals surface area contributed by atoms with E-state index in [-0.39, 0.29) is 42.6 Å². The number of pyridine rings is 2. The SMILES string of the molecule is CC(C)(c1[c-]cccc1)c1cccc(C(C)(C)c2ccccn2)n1.Fc1cc(F)c(-n2cccn2)[c-]c1-n1cccn1.[Re]. The van der Waals surface area contributed by atoms with Gasteiger partial charge in [-0.15, -0.1) is 6.07 Å². The van der Waals surface area contributed by atoms with Crippen molar-refractivity contribution >= 4 is 0 Å². The molecule has 0 saturated heterocycles. The minimum absolute atomic E-state index is 0. The van der Waals surface area contributed by atoms with Gasteiger partial charge in [0, 0.05) is 79.6 Å². The van der Waals surface area contributed by atoms with Gasteiger partial charge in [0.25, 0.3) is 0 Å². The van der Waals surface area contributed by atoms with Crippen LogP contribution in [0, 0.1) is 23.8 Å². The summed E-state index contributed by atoms with van der Waals surface area (Å²) in [5.74, 6) is -1.46. The molecule has 4 heterocycles. The molecular weight excluding hydrogens is 717 g/mol. The van der Waals surface area contributed by atoms with Gasteiger partial charge in [-0.2, -0.15) is 46.1 Å². The summed E-state index contributed by atoms with van der Waals surface area (Å²) in [6, 6.07) is 30.5. The van der Waals surface area contributed by atoms with E-state index >= 15 is 0 Å². The van der Waals surface area contributed by atoms with Crippen LogP contribution in [0.15, 0.2) is 110 Å². The average Bonchev–Trinajstić information content (AvgIpc) is 3.74. The molecule has 0 spiro atoms. The molecule has 6 nitrogen and oxygen atoms in total. The summed E-state index contributed by atoms with van der Waals surface area (Å²) in [7, 11) is 0. The van der Waals surface area contributed by atoms with Crippen molar-refractivity contribution in [3.05, 3.63) is 156 Å². The smallest absolute Gasteiger partial charge is 0.0523 e. The molecule has 219 valence electrons. The quantitative estimate of drug-likeness (QED) is 0.171. The predicted octanol–water partition coefficient (Wildman–Crippen LogP) is 7.06. The Labute approximate surface area is 264 Å². The zero-order valence-electron chi connectivity index (χ0n) is 24.2. The fourth-order valence-corrected chi connectivity index (χ4v) is 4.53. The van der Waals surface area contributed by atoms with E-state index in [1.165, 1.54) is 21.8 Å². The van der Waals surface area contributed by atoms with Crippen molar-refractivity contribution < 1.29 is 29.2 Å². The Balaban J connectivity index is 0.000000199. The van der Waals surface area contributed by atoms with Gasteiger partial charge in [0.1, 0.15) is 0 Å². The molecule has 0 aliphatic carbocycles. The van der Waals surface area contributed by atoms with Gasteiger partial charge >= 0.3 is 0 Å². The van der Waals surface area contributed by atoms with Crippen LogP contribution in [0.25, 0.3) is 11.4 Å². The van der Waals surface area contributed by atoms with Crippen LogP contribution in [-0.4, -0.2) is 29.5 Å². The molecule has 6 rings (SSSR count). The Hall–Kier alpha value is -4.32. The first-order valence-electron chi connectivity index (χ1n) is 13.5. The molecule has 2 aromatic carbocycles. The van der Waals surface area contributed by atoms with Crippen molar-refractivity contribution in [1.29, 1.82) is 0 Å². The predicted molar refractivity (Wildman–Crippen MR) is 157 cm³/mol. The number of hydrogen-bond donors (Lipinski definition) is 0. The zero-order chi connectivity index (χ0) is 29.7. The van der Waals surface area contributed by atoms with E-state index in [9.17, 15) is 8.78 Å². The van der Waals surface area contributed by atoms with Crippen LogP contribution in [0.2, 0.25) is 0 Å². The fourth-order valence-electron chi connectivity index (χ4n) is 4.53. The first-order chi connectivity index (χ1) is 20.2. The maximum Gasteiger partial charge on any atom is 0.0523 e. The second kappa shape index (κ2) is 13.3. The van der Waals surface area contributed by atoms with Gasteiger partial charge in [-0.3, -0.25) is 28.1 Å². The van der Waals surface area contributed by atoms with Gasteiger partial charge in [-0.05, 0) is 61.6 Å². The molecule has 0 fully saturated rings. The molecule has 43 heavy (non-hydrogen) atoms. The Bertz CT molecular complexity index is 1620. The third-order valence-electron chi connectivity index (χ3n) is 7.13. The minimum Gasteiger partial charge on any atom is -0.282 e. The van der Waals surface area contributed by atoms with Gasteiger partial charge < -0.3 is 0 Å². The summed E-state index contributed by atoms with van der Waals surface area (Å²) in [4.78, 5) is 9.54. The standard InChI is InChI=1S/C22H23N2.C12H7F2N4.Re/c1-21(2,17-11-6-5-7-12-17)19-14-10-15-20(24-19)22(3,4)18-13-8-9-16-23-18;13-9-7-10(14)12(18-6-2-4-16-18)8-11(9)17-5-1-3-15-17;/h5-11,13-16H,1-4H3;1-7H;/q2*-1;. The minimum atomic E-state index is -0.730. The zero-order valence-corrected chi connectivity index (χ0v) is 26.9. The van der Waals surface area contributed by atoms with Gasteiger partial charge in [0.15, 0.2) is 0 Å². The maximum absolute atomic E-state index is 13.7. The third-order valence-corrected chi connectivity index (χ3v) is 7.13. The Kier molecular flexibility index (Phi) is 9.80. The molecule has 0 N–H and O–H groups in total.